The molecule has 0 atom stereocenters. The van der Waals surface area contributed by atoms with Crippen molar-refractivity contribution in [2.45, 2.75) is 6.92 Å². The van der Waals surface area contributed by atoms with E-state index in [2.05, 4.69) is 0 Å². The summed E-state index contributed by atoms with van der Waals surface area (Å²) in [6.07, 6.45) is 0. The van der Waals surface area contributed by atoms with Crippen molar-refractivity contribution >= 4 is 40.9 Å². The van der Waals surface area contributed by atoms with E-state index in [1.165, 1.54) is 16.7 Å². The molecule has 0 bridgehead atoms. The van der Waals surface area contributed by atoms with Crippen LogP contribution in [0.1, 0.15) is 5.56 Å². The number of benzene rings is 1. The van der Waals surface area contributed by atoms with Gasteiger partial charge in [-0.1, -0.05) is 17.7 Å². The van der Waals surface area contributed by atoms with Gasteiger partial charge < -0.3 is 0 Å². The molecule has 0 spiro atoms. The summed E-state index contributed by atoms with van der Waals surface area (Å²) in [5, 5.41) is 0.527. The Morgan fingerprint density at radius 3 is 2.50 bits per heavy atom. The molecule has 84 valence electrons. The zero-order valence-electron chi connectivity index (χ0n) is 8.70. The fourth-order valence-corrected chi connectivity index (χ4v) is 2.46. The van der Waals surface area contributed by atoms with Crippen molar-refractivity contribution in [3.8, 4) is 0 Å². The number of carbonyl (C=O) groups is 2. The minimum absolute atomic E-state index is 0.174. The highest BCUT2D eigenvalue weighted by molar-refractivity contribution is 8.00. The molecule has 3 nitrogen and oxygen atoms in total. The van der Waals surface area contributed by atoms with Crippen LogP contribution in [0.5, 0.6) is 0 Å². The zero-order chi connectivity index (χ0) is 11.7. The lowest BCUT2D eigenvalue weighted by atomic mass is 10.2. The number of rotatable bonds is 1. The quantitative estimate of drug-likeness (QED) is 0.723. The maximum absolute atomic E-state index is 11.7. The number of thioether (sulfide) groups is 1. The van der Waals surface area contributed by atoms with Gasteiger partial charge in [0, 0.05) is 5.02 Å². The number of imide groups is 1. The second-order valence-corrected chi connectivity index (χ2v) is 4.97. The molecule has 0 saturated carbocycles. The smallest absolute Gasteiger partial charge is 0.243 e. The van der Waals surface area contributed by atoms with Gasteiger partial charge in [0.15, 0.2) is 0 Å². The third-order valence-electron chi connectivity index (χ3n) is 2.36. The van der Waals surface area contributed by atoms with Crippen molar-refractivity contribution in [3.63, 3.8) is 0 Å². The van der Waals surface area contributed by atoms with Crippen LogP contribution < -0.4 is 4.90 Å². The van der Waals surface area contributed by atoms with Crippen molar-refractivity contribution in [1.29, 1.82) is 0 Å². The molecule has 0 unspecified atom stereocenters. The zero-order valence-corrected chi connectivity index (χ0v) is 10.3. The van der Waals surface area contributed by atoms with E-state index in [0.717, 1.165) is 5.56 Å². The molecular formula is C11H10ClNO2S. The molecule has 16 heavy (non-hydrogen) atoms. The Balaban J connectivity index is 2.45. The second-order valence-electron chi connectivity index (χ2n) is 3.55. The first-order valence-electron chi connectivity index (χ1n) is 4.79. The monoisotopic (exact) mass is 255 g/mol. The lowest BCUT2D eigenvalue weighted by molar-refractivity contribution is -0.124. The lowest BCUT2D eigenvalue weighted by Crippen LogP contribution is -2.43. The van der Waals surface area contributed by atoms with Crippen LogP contribution in [0.2, 0.25) is 5.02 Å². The number of carbonyl (C=O) groups excluding carboxylic acids is 2. The Morgan fingerprint density at radius 2 is 1.88 bits per heavy atom. The number of nitrogens with zero attached hydrogens (tertiary/aromatic N) is 1. The molecule has 1 aliphatic heterocycles. The highest BCUT2D eigenvalue weighted by Crippen LogP contribution is 2.27. The molecule has 1 aromatic carbocycles. The predicted molar refractivity (Wildman–Crippen MR) is 66.0 cm³/mol. The van der Waals surface area contributed by atoms with Crippen molar-refractivity contribution in [2.75, 3.05) is 16.4 Å². The van der Waals surface area contributed by atoms with Gasteiger partial charge in [-0.15, -0.1) is 11.8 Å². The molecule has 1 saturated heterocycles. The summed E-state index contributed by atoms with van der Waals surface area (Å²) in [6.45, 7) is 1.86. The highest BCUT2D eigenvalue weighted by atomic mass is 35.5. The molecular weight excluding hydrogens is 246 g/mol. The minimum Gasteiger partial charge on any atom is -0.273 e. The first kappa shape index (κ1) is 11.5. The Bertz CT molecular complexity index is 445. The van der Waals surface area contributed by atoms with Gasteiger partial charge in [-0.05, 0) is 24.6 Å². The topological polar surface area (TPSA) is 37.4 Å². The van der Waals surface area contributed by atoms with E-state index < -0.39 is 0 Å². The maximum Gasteiger partial charge on any atom is 0.243 e. The van der Waals surface area contributed by atoms with Crippen LogP contribution in [0.3, 0.4) is 0 Å². The van der Waals surface area contributed by atoms with Gasteiger partial charge in [0.05, 0.1) is 17.2 Å². The van der Waals surface area contributed by atoms with Crippen molar-refractivity contribution in [1.82, 2.24) is 0 Å². The summed E-state index contributed by atoms with van der Waals surface area (Å²) >= 11 is 7.22. The van der Waals surface area contributed by atoms with E-state index in [1.807, 2.05) is 6.92 Å². The van der Waals surface area contributed by atoms with Crippen molar-refractivity contribution in [3.05, 3.63) is 28.8 Å². The van der Waals surface area contributed by atoms with Gasteiger partial charge in [0.1, 0.15) is 0 Å². The van der Waals surface area contributed by atoms with Gasteiger partial charge >= 0.3 is 0 Å². The minimum atomic E-state index is -0.174. The summed E-state index contributed by atoms with van der Waals surface area (Å²) in [5.41, 5.74) is 1.47. The number of anilines is 1. The number of halogens is 1. The number of aryl methyl sites for hydroxylation is 1. The summed E-state index contributed by atoms with van der Waals surface area (Å²) in [4.78, 5) is 24.7. The molecule has 0 aromatic heterocycles. The van der Waals surface area contributed by atoms with Crippen LogP contribution in [-0.2, 0) is 9.59 Å². The number of amides is 2. The van der Waals surface area contributed by atoms with Gasteiger partial charge in [-0.2, -0.15) is 0 Å². The maximum atomic E-state index is 11.7. The first-order chi connectivity index (χ1) is 7.59. The molecule has 1 aromatic rings. The van der Waals surface area contributed by atoms with Crippen molar-refractivity contribution < 1.29 is 9.59 Å². The average molecular weight is 256 g/mol. The van der Waals surface area contributed by atoms with Crippen LogP contribution in [0.15, 0.2) is 18.2 Å². The summed E-state index contributed by atoms with van der Waals surface area (Å²) in [5.74, 6) is 0.341. The van der Waals surface area contributed by atoms with Crippen LogP contribution in [0.4, 0.5) is 5.69 Å². The van der Waals surface area contributed by atoms with Crippen LogP contribution in [0.25, 0.3) is 0 Å². The van der Waals surface area contributed by atoms with E-state index in [4.69, 9.17) is 11.6 Å². The number of hydrogen-bond donors (Lipinski definition) is 0. The average Bonchev–Trinajstić information content (AvgIpc) is 2.23. The van der Waals surface area contributed by atoms with Gasteiger partial charge in [-0.3, -0.25) is 9.59 Å². The van der Waals surface area contributed by atoms with Crippen LogP contribution in [-0.4, -0.2) is 23.3 Å². The van der Waals surface area contributed by atoms with E-state index >= 15 is 0 Å². The normalized spacial score (nSPS) is 16.8. The summed E-state index contributed by atoms with van der Waals surface area (Å²) in [7, 11) is 0. The van der Waals surface area contributed by atoms with Gasteiger partial charge in [0.25, 0.3) is 0 Å². The molecule has 5 heteroatoms. The molecule has 0 aliphatic carbocycles. The molecule has 1 aliphatic rings. The van der Waals surface area contributed by atoms with E-state index in [1.54, 1.807) is 18.2 Å². The SMILES string of the molecule is Cc1ccc(Cl)cc1N1C(=O)CSCC1=O. The lowest BCUT2D eigenvalue weighted by Gasteiger charge is -2.26. The van der Waals surface area contributed by atoms with Crippen LogP contribution >= 0.6 is 23.4 Å². The van der Waals surface area contributed by atoms with Crippen molar-refractivity contribution in [2.24, 2.45) is 0 Å². The van der Waals surface area contributed by atoms with E-state index in [9.17, 15) is 9.59 Å². The Hall–Kier alpha value is -1.00. The molecule has 1 heterocycles. The fourth-order valence-electron chi connectivity index (χ4n) is 1.59. The molecule has 1 fully saturated rings. The first-order valence-corrected chi connectivity index (χ1v) is 6.32. The van der Waals surface area contributed by atoms with E-state index in [0.29, 0.717) is 22.2 Å². The standard InChI is InChI=1S/C11H10ClNO2S/c1-7-2-3-8(12)4-9(7)13-10(14)5-16-6-11(13)15/h2-4H,5-6H2,1H3. The van der Waals surface area contributed by atoms with Gasteiger partial charge in [-0.25, -0.2) is 4.90 Å². The summed E-state index contributed by atoms with van der Waals surface area (Å²) in [6, 6.07) is 5.21. The van der Waals surface area contributed by atoms with Crippen LogP contribution in [0, 0.1) is 6.92 Å². The van der Waals surface area contributed by atoms with E-state index in [-0.39, 0.29) is 11.8 Å². The summed E-state index contributed by atoms with van der Waals surface area (Å²) < 4.78 is 0. The Labute approximate surface area is 103 Å². The molecule has 0 N–H and O–H groups in total. The third kappa shape index (κ3) is 2.08. The largest absolute Gasteiger partial charge is 0.273 e. The highest BCUT2D eigenvalue weighted by Gasteiger charge is 2.28. The Morgan fingerprint density at radius 1 is 1.25 bits per heavy atom. The molecule has 0 radical (unpaired) electrons. The third-order valence-corrected chi connectivity index (χ3v) is 3.50. The fraction of sp³-hybridized carbons (Fsp3) is 0.273. The molecule has 2 rings (SSSR count). The Kier molecular flexibility index (Phi) is 3.21. The predicted octanol–water partition coefficient (Wildman–Crippen LogP) is 2.25. The van der Waals surface area contributed by atoms with Gasteiger partial charge in [0.2, 0.25) is 11.8 Å². The number of hydrogen-bond acceptors (Lipinski definition) is 3. The second kappa shape index (κ2) is 4.47. The molecule has 2 amide bonds.